The van der Waals surface area contributed by atoms with Crippen molar-refractivity contribution >= 4 is 31.9 Å². The maximum absolute atomic E-state index is 10.5. The first-order valence-corrected chi connectivity index (χ1v) is 8.69. The largest absolute Gasteiger partial charge is 0.506 e. The van der Waals surface area contributed by atoms with Crippen molar-refractivity contribution < 1.29 is 10.2 Å². The number of hydrogen-bond donors (Lipinski definition) is 3. The van der Waals surface area contributed by atoms with Gasteiger partial charge in [-0.1, -0.05) is 29.8 Å². The van der Waals surface area contributed by atoms with Crippen LogP contribution in [0.2, 0.25) is 0 Å². The molecular weight excluding hydrogens is 400 g/mol. The lowest BCUT2D eigenvalue weighted by atomic mass is 9.79. The minimum atomic E-state index is -0.352. The number of hydrogen-bond acceptors (Lipinski definition) is 4. The van der Waals surface area contributed by atoms with Gasteiger partial charge in [0, 0.05) is 54.3 Å². The summed E-state index contributed by atoms with van der Waals surface area (Å²) in [7, 11) is 0. The van der Waals surface area contributed by atoms with Crippen molar-refractivity contribution in [2.75, 3.05) is 32.8 Å². The number of halogens is 2. The average molecular weight is 422 g/mol. The van der Waals surface area contributed by atoms with Gasteiger partial charge in [0.2, 0.25) is 0 Å². The Bertz CT molecular complexity index is 503. The van der Waals surface area contributed by atoms with Crippen LogP contribution in [0.3, 0.4) is 0 Å². The van der Waals surface area contributed by atoms with Crippen molar-refractivity contribution in [3.63, 3.8) is 0 Å². The van der Waals surface area contributed by atoms with E-state index in [-0.39, 0.29) is 23.8 Å². The Morgan fingerprint density at radius 2 is 1.90 bits per heavy atom. The molecule has 1 aliphatic heterocycles. The van der Waals surface area contributed by atoms with Gasteiger partial charge in [0.15, 0.2) is 0 Å². The molecule has 3 N–H and O–H groups in total. The summed E-state index contributed by atoms with van der Waals surface area (Å²) in [5.41, 5.74) is 0.493. The van der Waals surface area contributed by atoms with Gasteiger partial charge in [0.25, 0.3) is 0 Å². The van der Waals surface area contributed by atoms with Crippen LogP contribution >= 0.6 is 31.9 Å². The second-order valence-electron chi connectivity index (χ2n) is 6.16. The lowest BCUT2D eigenvalue weighted by molar-refractivity contribution is 0.0292. The molecule has 1 saturated heterocycles. The lowest BCUT2D eigenvalue weighted by Crippen LogP contribution is -2.49. The third-order valence-corrected chi connectivity index (χ3v) is 5.08. The van der Waals surface area contributed by atoms with E-state index in [1.54, 1.807) is 0 Å². The van der Waals surface area contributed by atoms with Gasteiger partial charge < -0.3 is 15.5 Å². The smallest absolute Gasteiger partial charge is 0.134 e. The molecule has 118 valence electrons. The molecule has 21 heavy (non-hydrogen) atoms. The average Bonchev–Trinajstić information content (AvgIpc) is 2.45. The first-order chi connectivity index (χ1) is 9.86. The van der Waals surface area contributed by atoms with E-state index in [4.69, 9.17) is 0 Å². The van der Waals surface area contributed by atoms with Gasteiger partial charge in [0.1, 0.15) is 5.75 Å². The van der Waals surface area contributed by atoms with Gasteiger partial charge in [-0.15, -0.1) is 0 Å². The van der Waals surface area contributed by atoms with Crippen molar-refractivity contribution in [1.29, 1.82) is 0 Å². The second-order valence-corrected chi connectivity index (χ2v) is 7.93. The highest BCUT2D eigenvalue weighted by Crippen LogP contribution is 2.45. The molecule has 0 spiro atoms. The van der Waals surface area contributed by atoms with Gasteiger partial charge in [-0.3, -0.25) is 4.90 Å². The molecule has 1 fully saturated rings. The topological polar surface area (TPSA) is 55.7 Å². The van der Waals surface area contributed by atoms with Crippen LogP contribution in [0.1, 0.15) is 25.5 Å². The maximum atomic E-state index is 10.5. The maximum Gasteiger partial charge on any atom is 0.134 e. The van der Waals surface area contributed by atoms with Crippen molar-refractivity contribution in [1.82, 2.24) is 10.2 Å². The van der Waals surface area contributed by atoms with Crippen LogP contribution in [0.15, 0.2) is 21.1 Å². The molecule has 0 bridgehead atoms. The number of nitrogens with zero attached hydrogens (tertiary/aromatic N) is 1. The van der Waals surface area contributed by atoms with Crippen LogP contribution < -0.4 is 5.32 Å². The molecular formula is C15H22Br2N2O2. The lowest BCUT2D eigenvalue weighted by Gasteiger charge is -2.43. The second kappa shape index (κ2) is 6.96. The molecule has 6 heteroatoms. The number of phenolic OH excluding ortho intramolecular Hbond substituents is 1. The zero-order valence-electron chi connectivity index (χ0n) is 12.4. The number of aliphatic hydroxyl groups is 1. The monoisotopic (exact) mass is 420 g/mol. The molecule has 0 amide bonds. The van der Waals surface area contributed by atoms with Gasteiger partial charge >= 0.3 is 0 Å². The van der Waals surface area contributed by atoms with E-state index in [0.717, 1.165) is 36.2 Å². The fourth-order valence-electron chi connectivity index (χ4n) is 2.93. The van der Waals surface area contributed by atoms with E-state index in [0.29, 0.717) is 4.47 Å². The molecule has 0 aromatic heterocycles. The Balaban J connectivity index is 2.49. The van der Waals surface area contributed by atoms with Crippen LogP contribution in [0.4, 0.5) is 0 Å². The van der Waals surface area contributed by atoms with Gasteiger partial charge in [0.05, 0.1) is 4.47 Å². The van der Waals surface area contributed by atoms with E-state index in [1.807, 2.05) is 26.0 Å². The molecule has 1 atom stereocenters. The van der Waals surface area contributed by atoms with E-state index in [2.05, 4.69) is 42.1 Å². The van der Waals surface area contributed by atoms with Crippen LogP contribution in [0.5, 0.6) is 5.75 Å². The van der Waals surface area contributed by atoms with E-state index >= 15 is 0 Å². The Kier molecular flexibility index (Phi) is 5.71. The highest BCUT2D eigenvalue weighted by Gasteiger charge is 2.37. The molecule has 0 radical (unpaired) electrons. The fourth-order valence-corrected chi connectivity index (χ4v) is 4.19. The molecule has 1 aromatic rings. The van der Waals surface area contributed by atoms with Crippen molar-refractivity contribution in [2.45, 2.75) is 19.9 Å². The fraction of sp³-hybridized carbons (Fsp3) is 0.600. The van der Waals surface area contributed by atoms with Crippen LogP contribution in [0, 0.1) is 5.41 Å². The van der Waals surface area contributed by atoms with Crippen LogP contribution in [0.25, 0.3) is 0 Å². The van der Waals surface area contributed by atoms with Gasteiger partial charge in [-0.25, -0.2) is 0 Å². The third-order valence-electron chi connectivity index (χ3n) is 4.02. The number of phenols is 1. The Morgan fingerprint density at radius 1 is 1.29 bits per heavy atom. The summed E-state index contributed by atoms with van der Waals surface area (Å²) in [6.45, 7) is 7.78. The van der Waals surface area contributed by atoms with Gasteiger partial charge in [-0.05, 0) is 28.1 Å². The summed E-state index contributed by atoms with van der Waals surface area (Å²) >= 11 is 6.90. The van der Waals surface area contributed by atoms with Crippen molar-refractivity contribution in [2.24, 2.45) is 5.41 Å². The number of aromatic hydroxyl groups is 1. The Hall–Kier alpha value is -0.140. The quantitative estimate of drug-likeness (QED) is 0.699. The first kappa shape index (κ1) is 17.2. The molecule has 0 aliphatic carbocycles. The highest BCUT2D eigenvalue weighted by atomic mass is 79.9. The number of rotatable bonds is 4. The minimum Gasteiger partial charge on any atom is -0.506 e. The summed E-state index contributed by atoms with van der Waals surface area (Å²) in [5.74, 6) is 0.253. The van der Waals surface area contributed by atoms with Gasteiger partial charge in [-0.2, -0.15) is 0 Å². The number of piperazine rings is 1. The third kappa shape index (κ3) is 3.79. The highest BCUT2D eigenvalue weighted by molar-refractivity contribution is 9.11. The molecule has 1 aliphatic rings. The number of nitrogens with one attached hydrogen (secondary N) is 1. The predicted molar refractivity (Wildman–Crippen MR) is 91.6 cm³/mol. The first-order valence-electron chi connectivity index (χ1n) is 7.10. The van der Waals surface area contributed by atoms with E-state index < -0.39 is 0 Å². The van der Waals surface area contributed by atoms with E-state index in [1.165, 1.54) is 0 Å². The zero-order valence-corrected chi connectivity index (χ0v) is 15.5. The molecule has 0 saturated carbocycles. The van der Waals surface area contributed by atoms with E-state index in [9.17, 15) is 10.2 Å². The minimum absolute atomic E-state index is 0.0431. The molecule has 4 nitrogen and oxygen atoms in total. The molecule has 0 unspecified atom stereocenters. The SMILES string of the molecule is CC(C)(CO)[C@@H](c1cc(Br)cc(Br)c1O)N1CCNCC1. The summed E-state index contributed by atoms with van der Waals surface area (Å²) in [6, 6.07) is 3.74. The predicted octanol–water partition coefficient (Wildman–Crippen LogP) is 2.88. The number of aliphatic hydroxyl groups excluding tert-OH is 1. The van der Waals surface area contributed by atoms with Crippen molar-refractivity contribution in [3.8, 4) is 5.75 Å². The van der Waals surface area contributed by atoms with Crippen LogP contribution in [-0.4, -0.2) is 47.9 Å². The standard InChI is InChI=1S/C15H22Br2N2O2/c1-15(2,9-20)14(19-5-3-18-4-6-19)11-7-10(16)8-12(17)13(11)21/h7-8,14,18,20-21H,3-6,9H2,1-2H3/t14-/m1/s1. The Labute approximate surface area is 142 Å². The summed E-state index contributed by atoms with van der Waals surface area (Å²) in [5, 5.41) is 23.7. The summed E-state index contributed by atoms with van der Waals surface area (Å²) in [4.78, 5) is 2.33. The molecule has 1 aromatic carbocycles. The summed E-state index contributed by atoms with van der Waals surface area (Å²) in [6.07, 6.45) is 0. The number of benzene rings is 1. The zero-order chi connectivity index (χ0) is 15.6. The van der Waals surface area contributed by atoms with Crippen molar-refractivity contribution in [3.05, 3.63) is 26.6 Å². The van der Waals surface area contributed by atoms with Crippen LogP contribution in [-0.2, 0) is 0 Å². The normalized spacial score (nSPS) is 18.7. The molecule has 1 heterocycles. The Morgan fingerprint density at radius 3 is 2.48 bits per heavy atom. The summed E-state index contributed by atoms with van der Waals surface area (Å²) < 4.78 is 1.58. The molecule has 2 rings (SSSR count).